The van der Waals surface area contributed by atoms with Crippen molar-refractivity contribution in [3.8, 4) is 0 Å². The molecule has 0 aromatic rings. The molecule has 0 amide bonds. The molecule has 4 nitrogen and oxygen atoms in total. The Kier molecular flexibility index (Phi) is 9.20. The number of nitrogens with zero attached hydrogens (tertiary/aromatic N) is 2. The summed E-state index contributed by atoms with van der Waals surface area (Å²) in [4.78, 5) is 7.20. The molecule has 134 valence electrons. The fourth-order valence-electron chi connectivity index (χ4n) is 3.50. The monoisotopic (exact) mass is 341 g/mol. The summed E-state index contributed by atoms with van der Waals surface area (Å²) >= 11 is 1.90. The molecule has 0 aromatic carbocycles. The Morgan fingerprint density at radius 3 is 2.61 bits per heavy atom. The van der Waals surface area contributed by atoms with E-state index in [0.29, 0.717) is 6.10 Å². The smallest absolute Gasteiger partial charge is 0.193 e. The van der Waals surface area contributed by atoms with Crippen LogP contribution < -0.4 is 5.32 Å². The number of rotatable bonds is 8. The van der Waals surface area contributed by atoms with Crippen molar-refractivity contribution in [2.45, 2.75) is 58.0 Å². The number of thioether (sulfide) groups is 1. The van der Waals surface area contributed by atoms with Gasteiger partial charge in [-0.05, 0) is 57.0 Å². The molecule has 23 heavy (non-hydrogen) atoms. The average molecular weight is 342 g/mol. The first kappa shape index (κ1) is 18.9. The molecular weight excluding hydrogens is 306 g/mol. The van der Waals surface area contributed by atoms with Gasteiger partial charge >= 0.3 is 0 Å². The van der Waals surface area contributed by atoms with Crippen LogP contribution >= 0.6 is 11.8 Å². The van der Waals surface area contributed by atoms with Crippen molar-refractivity contribution in [3.05, 3.63) is 0 Å². The minimum atomic E-state index is 0.464. The zero-order chi connectivity index (χ0) is 16.3. The molecule has 1 aliphatic carbocycles. The van der Waals surface area contributed by atoms with Crippen LogP contribution in [0.4, 0.5) is 0 Å². The second-order valence-corrected chi connectivity index (χ2v) is 7.74. The molecular formula is C18H35N3OS. The van der Waals surface area contributed by atoms with Crippen LogP contribution in [0.25, 0.3) is 0 Å². The van der Waals surface area contributed by atoms with Crippen LogP contribution in [0.1, 0.15) is 51.9 Å². The topological polar surface area (TPSA) is 36.9 Å². The largest absolute Gasteiger partial charge is 0.378 e. The van der Waals surface area contributed by atoms with Crippen molar-refractivity contribution < 1.29 is 4.74 Å². The molecule has 0 atom stereocenters. The first-order valence-electron chi connectivity index (χ1n) is 9.47. The fraction of sp³-hybridized carbons (Fsp3) is 0.944. The molecule has 2 aliphatic rings. The SMILES string of the molecule is CCNC(=NCCCSC)N1CCC(OCC2CCCC2)CC1. The van der Waals surface area contributed by atoms with Crippen molar-refractivity contribution in [2.75, 3.05) is 44.8 Å². The van der Waals surface area contributed by atoms with Gasteiger partial charge in [-0.15, -0.1) is 0 Å². The third kappa shape index (κ3) is 6.92. The number of likely N-dealkylation sites (tertiary alicyclic amines) is 1. The lowest BCUT2D eigenvalue weighted by Crippen LogP contribution is -2.47. The van der Waals surface area contributed by atoms with Crippen molar-refractivity contribution in [1.29, 1.82) is 0 Å². The maximum Gasteiger partial charge on any atom is 0.193 e. The Bertz CT molecular complexity index is 337. The molecule has 5 heteroatoms. The van der Waals surface area contributed by atoms with E-state index < -0.39 is 0 Å². The van der Waals surface area contributed by atoms with Gasteiger partial charge in [-0.25, -0.2) is 0 Å². The maximum absolute atomic E-state index is 6.18. The Balaban J connectivity index is 1.69. The van der Waals surface area contributed by atoms with Gasteiger partial charge in [0.05, 0.1) is 6.10 Å². The Labute approximate surface area is 146 Å². The Morgan fingerprint density at radius 2 is 1.96 bits per heavy atom. The van der Waals surface area contributed by atoms with Crippen LogP contribution in [-0.4, -0.2) is 61.8 Å². The molecule has 1 saturated heterocycles. The number of piperidine rings is 1. The van der Waals surface area contributed by atoms with E-state index in [4.69, 9.17) is 9.73 Å². The summed E-state index contributed by atoms with van der Waals surface area (Å²) in [6, 6.07) is 0. The molecule has 0 unspecified atom stereocenters. The van der Waals surface area contributed by atoms with E-state index in [1.165, 1.54) is 31.4 Å². The summed E-state index contributed by atoms with van der Waals surface area (Å²) in [5.74, 6) is 3.13. The number of hydrogen-bond acceptors (Lipinski definition) is 3. The number of nitrogens with one attached hydrogen (secondary N) is 1. The summed E-state index contributed by atoms with van der Waals surface area (Å²) in [7, 11) is 0. The number of hydrogen-bond donors (Lipinski definition) is 1. The summed E-state index contributed by atoms with van der Waals surface area (Å²) in [6.07, 6.45) is 11.6. The van der Waals surface area contributed by atoms with Gasteiger partial charge in [0.15, 0.2) is 5.96 Å². The average Bonchev–Trinajstić information content (AvgIpc) is 3.10. The van der Waals surface area contributed by atoms with Crippen LogP contribution in [0, 0.1) is 5.92 Å². The summed E-state index contributed by atoms with van der Waals surface area (Å²) in [5, 5.41) is 3.45. The number of guanidine groups is 1. The van der Waals surface area contributed by atoms with E-state index in [9.17, 15) is 0 Å². The lowest BCUT2D eigenvalue weighted by Gasteiger charge is -2.34. The van der Waals surface area contributed by atoms with Crippen LogP contribution in [0.2, 0.25) is 0 Å². The first-order valence-corrected chi connectivity index (χ1v) is 10.9. The van der Waals surface area contributed by atoms with Gasteiger partial charge in [0, 0.05) is 32.8 Å². The van der Waals surface area contributed by atoms with Crippen molar-refractivity contribution in [1.82, 2.24) is 10.2 Å². The van der Waals surface area contributed by atoms with Crippen LogP contribution in [-0.2, 0) is 4.74 Å². The zero-order valence-electron chi connectivity index (χ0n) is 15.1. The van der Waals surface area contributed by atoms with Gasteiger partial charge in [-0.1, -0.05) is 12.8 Å². The molecule has 0 bridgehead atoms. The van der Waals surface area contributed by atoms with Gasteiger partial charge in [0.25, 0.3) is 0 Å². The third-order valence-corrected chi connectivity index (χ3v) is 5.58. The molecule has 2 fully saturated rings. The van der Waals surface area contributed by atoms with Gasteiger partial charge in [0.1, 0.15) is 0 Å². The van der Waals surface area contributed by atoms with Crippen LogP contribution in [0.15, 0.2) is 4.99 Å². The van der Waals surface area contributed by atoms with Gasteiger partial charge < -0.3 is 15.0 Å². The van der Waals surface area contributed by atoms with E-state index >= 15 is 0 Å². The minimum absolute atomic E-state index is 0.464. The molecule has 1 aliphatic heterocycles. The normalized spacial score (nSPS) is 21.1. The summed E-state index contributed by atoms with van der Waals surface area (Å²) < 4.78 is 6.18. The first-order chi connectivity index (χ1) is 11.3. The molecule has 0 aromatic heterocycles. The van der Waals surface area contributed by atoms with E-state index in [1.54, 1.807) is 0 Å². The Hall–Kier alpha value is -0.420. The quantitative estimate of drug-likeness (QED) is 0.417. The number of aliphatic imine (C=N–C) groups is 1. The summed E-state index contributed by atoms with van der Waals surface area (Å²) in [5.41, 5.74) is 0. The molecule has 0 spiro atoms. The van der Waals surface area contributed by atoms with E-state index in [2.05, 4.69) is 23.4 Å². The Morgan fingerprint density at radius 1 is 1.22 bits per heavy atom. The van der Waals surface area contributed by atoms with Gasteiger partial charge in [0.2, 0.25) is 0 Å². The minimum Gasteiger partial charge on any atom is -0.378 e. The predicted octanol–water partition coefficient (Wildman–Crippen LogP) is 3.38. The fourth-order valence-corrected chi connectivity index (χ4v) is 3.92. The van der Waals surface area contributed by atoms with Crippen LogP contribution in [0.5, 0.6) is 0 Å². The zero-order valence-corrected chi connectivity index (χ0v) is 15.9. The second kappa shape index (κ2) is 11.2. The van der Waals surface area contributed by atoms with E-state index in [-0.39, 0.29) is 0 Å². The second-order valence-electron chi connectivity index (χ2n) is 6.75. The highest BCUT2D eigenvalue weighted by Gasteiger charge is 2.23. The van der Waals surface area contributed by atoms with Gasteiger partial charge in [-0.3, -0.25) is 4.99 Å². The highest BCUT2D eigenvalue weighted by atomic mass is 32.2. The molecule has 0 radical (unpaired) electrons. The van der Waals surface area contributed by atoms with Crippen molar-refractivity contribution in [2.24, 2.45) is 10.9 Å². The van der Waals surface area contributed by atoms with Gasteiger partial charge in [-0.2, -0.15) is 11.8 Å². The molecule has 1 N–H and O–H groups in total. The number of ether oxygens (including phenoxy) is 1. The summed E-state index contributed by atoms with van der Waals surface area (Å²) in [6.45, 7) is 7.16. The lowest BCUT2D eigenvalue weighted by atomic mass is 10.1. The van der Waals surface area contributed by atoms with Crippen molar-refractivity contribution in [3.63, 3.8) is 0 Å². The van der Waals surface area contributed by atoms with Crippen molar-refractivity contribution >= 4 is 17.7 Å². The maximum atomic E-state index is 6.18. The lowest BCUT2D eigenvalue weighted by molar-refractivity contribution is 0.00102. The standard InChI is InChI=1S/C18H35N3OS/c1-3-19-18(20-11-6-14-23-2)21-12-9-17(10-13-21)22-15-16-7-4-5-8-16/h16-17H,3-15H2,1-2H3,(H,19,20). The highest BCUT2D eigenvalue weighted by Crippen LogP contribution is 2.26. The van der Waals surface area contributed by atoms with E-state index in [0.717, 1.165) is 63.9 Å². The third-order valence-electron chi connectivity index (χ3n) is 4.89. The van der Waals surface area contributed by atoms with Crippen LogP contribution in [0.3, 0.4) is 0 Å². The van der Waals surface area contributed by atoms with E-state index in [1.807, 2.05) is 11.8 Å². The molecule has 2 rings (SSSR count). The molecule has 1 saturated carbocycles. The highest BCUT2D eigenvalue weighted by molar-refractivity contribution is 7.98. The predicted molar refractivity (Wildman–Crippen MR) is 101 cm³/mol. The molecule has 1 heterocycles.